The monoisotopic (exact) mass is 382 g/mol. The number of benzene rings is 2. The Morgan fingerprint density at radius 3 is 2.67 bits per heavy atom. The van der Waals surface area contributed by atoms with E-state index >= 15 is 0 Å². The number of carbonyl (C=O) groups excluding carboxylic acids is 1. The molecule has 1 fully saturated rings. The molecule has 6 heteroatoms. The smallest absolute Gasteiger partial charge is 0.233 e. The van der Waals surface area contributed by atoms with E-state index in [1.54, 1.807) is 11.8 Å². The molecule has 0 atom stereocenters. The van der Waals surface area contributed by atoms with Gasteiger partial charge in [-0.2, -0.15) is 0 Å². The highest BCUT2D eigenvalue weighted by Crippen LogP contribution is 2.23. The van der Waals surface area contributed by atoms with E-state index < -0.39 is 0 Å². The molecule has 0 spiro atoms. The first-order chi connectivity index (χ1) is 13.2. The number of thioether (sulfide) groups is 1. The van der Waals surface area contributed by atoms with Gasteiger partial charge in [0.2, 0.25) is 5.91 Å². The van der Waals surface area contributed by atoms with Crippen LogP contribution in [0, 0.1) is 6.92 Å². The van der Waals surface area contributed by atoms with E-state index in [0.29, 0.717) is 5.75 Å². The van der Waals surface area contributed by atoms with Gasteiger partial charge in [0.15, 0.2) is 0 Å². The lowest BCUT2D eigenvalue weighted by molar-refractivity contribution is -0.918. The maximum atomic E-state index is 12.6. The van der Waals surface area contributed by atoms with Crippen molar-refractivity contribution in [3.8, 4) is 0 Å². The number of hydrogen-bond donors (Lipinski definition) is 1. The fraction of sp³-hybridized carbons (Fsp3) is 0.333. The molecule has 27 heavy (non-hydrogen) atoms. The minimum Gasteiger partial charge on any atom is -0.361 e. The summed E-state index contributed by atoms with van der Waals surface area (Å²) in [6, 6.07) is 16.7. The third kappa shape index (κ3) is 4.51. The molecule has 1 aromatic heterocycles. The summed E-state index contributed by atoms with van der Waals surface area (Å²) in [6.07, 6.45) is 0. The molecule has 1 saturated heterocycles. The molecular weight excluding hydrogens is 358 g/mol. The number of piperazine rings is 1. The number of carbonyl (C=O) groups is 1. The van der Waals surface area contributed by atoms with Gasteiger partial charge in [-0.25, -0.2) is 0 Å². The van der Waals surface area contributed by atoms with Gasteiger partial charge < -0.3 is 14.3 Å². The summed E-state index contributed by atoms with van der Waals surface area (Å²) in [4.78, 5) is 17.2. The molecule has 0 bridgehead atoms. The number of nitrogens with zero attached hydrogens (tertiary/aromatic N) is 2. The number of nitrogens with one attached hydrogen (secondary N) is 1. The maximum Gasteiger partial charge on any atom is 0.233 e. The number of fused-ring (bicyclic) bond motifs is 1. The predicted molar refractivity (Wildman–Crippen MR) is 107 cm³/mol. The van der Waals surface area contributed by atoms with Crippen LogP contribution >= 0.6 is 11.8 Å². The van der Waals surface area contributed by atoms with Crippen LogP contribution in [0.1, 0.15) is 11.5 Å². The molecular formula is C21H24N3O2S+. The van der Waals surface area contributed by atoms with Crippen molar-refractivity contribution in [2.24, 2.45) is 0 Å². The third-order valence-electron chi connectivity index (χ3n) is 5.01. The van der Waals surface area contributed by atoms with Crippen LogP contribution in [0.15, 0.2) is 57.9 Å². The Hall–Kier alpha value is -2.31. The van der Waals surface area contributed by atoms with Crippen molar-refractivity contribution in [1.82, 2.24) is 10.1 Å². The average Bonchev–Trinajstić information content (AvgIpc) is 3.11. The van der Waals surface area contributed by atoms with Gasteiger partial charge in [-0.05, 0) is 29.8 Å². The first-order valence-corrected chi connectivity index (χ1v) is 10.3. The summed E-state index contributed by atoms with van der Waals surface area (Å²) in [6.45, 7) is 6.31. The van der Waals surface area contributed by atoms with Crippen LogP contribution in [-0.2, 0) is 11.3 Å². The highest BCUT2D eigenvalue weighted by Gasteiger charge is 2.24. The fourth-order valence-corrected chi connectivity index (χ4v) is 4.35. The number of quaternary nitrogens is 1. The topological polar surface area (TPSA) is 50.8 Å². The van der Waals surface area contributed by atoms with Crippen molar-refractivity contribution >= 4 is 28.4 Å². The maximum absolute atomic E-state index is 12.6. The summed E-state index contributed by atoms with van der Waals surface area (Å²) in [5, 5.41) is 6.52. The zero-order valence-electron chi connectivity index (χ0n) is 15.5. The van der Waals surface area contributed by atoms with Crippen molar-refractivity contribution in [2.75, 3.05) is 31.9 Å². The zero-order chi connectivity index (χ0) is 18.6. The van der Waals surface area contributed by atoms with Gasteiger partial charge in [-0.15, -0.1) is 11.8 Å². The Balaban J connectivity index is 1.26. The standard InChI is InChI=1S/C21H23N3O2S/c1-16-12-19(22-26-16)14-23-8-10-24(11-9-23)21(25)15-27-20-7-6-17-4-2-3-5-18(17)13-20/h2-7,12-13H,8-11,14-15H2,1H3/p+1. The lowest BCUT2D eigenvalue weighted by Gasteiger charge is -2.31. The second-order valence-electron chi connectivity index (χ2n) is 7.03. The van der Waals surface area contributed by atoms with E-state index in [1.807, 2.05) is 30.0 Å². The van der Waals surface area contributed by atoms with Gasteiger partial charge in [0.25, 0.3) is 0 Å². The van der Waals surface area contributed by atoms with Crippen molar-refractivity contribution in [3.63, 3.8) is 0 Å². The molecule has 140 valence electrons. The largest absolute Gasteiger partial charge is 0.361 e. The van der Waals surface area contributed by atoms with Crippen molar-refractivity contribution in [2.45, 2.75) is 18.4 Å². The normalized spacial score (nSPS) is 15.4. The number of aryl methyl sites for hydroxylation is 1. The number of hydrogen-bond acceptors (Lipinski definition) is 4. The average molecular weight is 383 g/mol. The summed E-state index contributed by atoms with van der Waals surface area (Å²) >= 11 is 1.62. The van der Waals surface area contributed by atoms with Gasteiger partial charge in [0, 0.05) is 11.0 Å². The quantitative estimate of drug-likeness (QED) is 0.687. The lowest BCUT2D eigenvalue weighted by atomic mass is 10.1. The number of amides is 1. The van der Waals surface area contributed by atoms with Crippen LogP contribution in [0.2, 0.25) is 0 Å². The first kappa shape index (κ1) is 18.1. The highest BCUT2D eigenvalue weighted by molar-refractivity contribution is 8.00. The Morgan fingerprint density at radius 1 is 1.15 bits per heavy atom. The van der Waals surface area contributed by atoms with Crippen LogP contribution in [0.25, 0.3) is 10.8 Å². The molecule has 0 saturated carbocycles. The summed E-state index contributed by atoms with van der Waals surface area (Å²) in [5.41, 5.74) is 0.995. The first-order valence-electron chi connectivity index (χ1n) is 9.32. The van der Waals surface area contributed by atoms with Crippen molar-refractivity contribution in [1.29, 1.82) is 0 Å². The van der Waals surface area contributed by atoms with Gasteiger partial charge in [0.1, 0.15) is 18.0 Å². The SMILES string of the molecule is Cc1cc(C[NH+]2CCN(C(=O)CSc3ccc4ccccc4c3)CC2)no1. The summed E-state index contributed by atoms with van der Waals surface area (Å²) in [5.74, 6) is 1.57. The number of aromatic nitrogens is 1. The number of rotatable bonds is 5. The van der Waals surface area contributed by atoms with E-state index in [4.69, 9.17) is 4.52 Å². The Labute approximate surface area is 163 Å². The van der Waals surface area contributed by atoms with Gasteiger partial charge in [-0.3, -0.25) is 4.79 Å². The third-order valence-corrected chi connectivity index (χ3v) is 5.99. The highest BCUT2D eigenvalue weighted by atomic mass is 32.2. The molecule has 2 aromatic carbocycles. The van der Waals surface area contributed by atoms with Crippen molar-refractivity contribution < 1.29 is 14.2 Å². The van der Waals surface area contributed by atoms with Crippen LogP contribution < -0.4 is 4.90 Å². The Morgan fingerprint density at radius 2 is 1.93 bits per heavy atom. The molecule has 5 nitrogen and oxygen atoms in total. The second kappa shape index (κ2) is 8.15. The molecule has 1 N–H and O–H groups in total. The van der Waals surface area contributed by atoms with Crippen LogP contribution in [0.4, 0.5) is 0 Å². The summed E-state index contributed by atoms with van der Waals surface area (Å²) < 4.78 is 5.14. The van der Waals surface area contributed by atoms with E-state index in [2.05, 4.69) is 35.5 Å². The van der Waals surface area contributed by atoms with E-state index in [0.717, 1.165) is 49.1 Å². The van der Waals surface area contributed by atoms with Gasteiger partial charge in [0.05, 0.1) is 31.9 Å². The molecule has 0 radical (unpaired) electrons. The van der Waals surface area contributed by atoms with E-state index in [1.165, 1.54) is 15.7 Å². The lowest BCUT2D eigenvalue weighted by Crippen LogP contribution is -3.13. The predicted octanol–water partition coefficient (Wildman–Crippen LogP) is 2.16. The Kier molecular flexibility index (Phi) is 5.45. The zero-order valence-corrected chi connectivity index (χ0v) is 16.3. The Bertz CT molecular complexity index is 932. The molecule has 1 amide bonds. The molecule has 0 aliphatic carbocycles. The molecule has 1 aliphatic rings. The molecule has 4 rings (SSSR count). The fourth-order valence-electron chi connectivity index (χ4n) is 3.50. The summed E-state index contributed by atoms with van der Waals surface area (Å²) in [7, 11) is 0. The second-order valence-corrected chi connectivity index (χ2v) is 8.08. The molecule has 1 aliphatic heterocycles. The van der Waals surface area contributed by atoms with E-state index in [-0.39, 0.29) is 5.91 Å². The van der Waals surface area contributed by atoms with Crippen LogP contribution in [0.5, 0.6) is 0 Å². The van der Waals surface area contributed by atoms with Crippen molar-refractivity contribution in [3.05, 3.63) is 60.0 Å². The molecule has 2 heterocycles. The van der Waals surface area contributed by atoms with Crippen LogP contribution in [0.3, 0.4) is 0 Å². The van der Waals surface area contributed by atoms with Gasteiger partial charge in [-0.1, -0.05) is 35.5 Å². The van der Waals surface area contributed by atoms with Crippen LogP contribution in [-0.4, -0.2) is 47.9 Å². The minimum atomic E-state index is 0.226. The van der Waals surface area contributed by atoms with E-state index in [9.17, 15) is 4.79 Å². The molecule has 3 aromatic rings. The van der Waals surface area contributed by atoms with Gasteiger partial charge >= 0.3 is 0 Å². The minimum absolute atomic E-state index is 0.226. The molecule has 0 unspecified atom stereocenters.